The summed E-state index contributed by atoms with van der Waals surface area (Å²) in [4.78, 5) is 75.2. The van der Waals surface area contributed by atoms with Crippen molar-refractivity contribution in [3.8, 4) is 0 Å². The first kappa shape index (κ1) is 33.8. The number of amides is 4. The van der Waals surface area contributed by atoms with Gasteiger partial charge >= 0.3 is 0 Å². The first-order chi connectivity index (χ1) is 18.4. The van der Waals surface area contributed by atoms with Crippen LogP contribution in [0.2, 0.25) is 0 Å². The summed E-state index contributed by atoms with van der Waals surface area (Å²) in [5.74, 6) is -3.28. The predicted octanol–water partition coefficient (Wildman–Crippen LogP) is -2.16. The minimum atomic E-state index is -1.34. The van der Waals surface area contributed by atoms with E-state index in [1.807, 2.05) is 0 Å². The zero-order chi connectivity index (χ0) is 29.5. The van der Waals surface area contributed by atoms with Crippen molar-refractivity contribution in [3.05, 3.63) is 0 Å². The van der Waals surface area contributed by atoms with E-state index in [9.17, 15) is 28.8 Å². The molecule has 1 saturated carbocycles. The molecule has 0 aromatic rings. The number of guanidine groups is 1. The summed E-state index contributed by atoms with van der Waals surface area (Å²) in [7, 11) is 0. The van der Waals surface area contributed by atoms with E-state index in [0.717, 1.165) is 19.3 Å². The van der Waals surface area contributed by atoms with E-state index in [2.05, 4.69) is 33.9 Å². The molecule has 0 aromatic carbocycles. The Kier molecular flexibility index (Phi) is 15.1. The second-order valence-electron chi connectivity index (χ2n) is 9.50. The van der Waals surface area contributed by atoms with Gasteiger partial charge in [0.2, 0.25) is 29.9 Å². The molecule has 15 heteroatoms. The summed E-state index contributed by atoms with van der Waals surface area (Å²) in [5, 5.41) is 17.1. The molecular formula is C24H41N8O6S. The molecule has 1 aliphatic carbocycles. The molecule has 0 aliphatic heterocycles. The van der Waals surface area contributed by atoms with Crippen LogP contribution in [0, 0.1) is 5.41 Å². The summed E-state index contributed by atoms with van der Waals surface area (Å²) in [6.45, 7) is 2.51. The van der Waals surface area contributed by atoms with Gasteiger partial charge in [0.15, 0.2) is 17.8 Å². The molecule has 1 rings (SSSR count). The van der Waals surface area contributed by atoms with Crippen molar-refractivity contribution in [2.45, 2.75) is 89.0 Å². The van der Waals surface area contributed by atoms with Crippen LogP contribution in [0.25, 0.3) is 0 Å². The number of nitrogens with two attached hydrogens (primary N) is 2. The Morgan fingerprint density at radius 3 is 2.23 bits per heavy atom. The minimum absolute atomic E-state index is 0.0615. The maximum atomic E-state index is 13.0. The van der Waals surface area contributed by atoms with Crippen molar-refractivity contribution in [3.63, 3.8) is 0 Å². The largest absolute Gasteiger partial charge is 0.370 e. The van der Waals surface area contributed by atoms with Crippen LogP contribution in [0.3, 0.4) is 0 Å². The summed E-state index contributed by atoms with van der Waals surface area (Å²) in [6, 6.07) is -4.69. The number of carbonyl (C=O) groups is 5. The normalized spacial score (nSPS) is 16.5. The molecule has 0 heterocycles. The fourth-order valence-corrected chi connectivity index (χ4v) is 4.45. The maximum Gasteiger partial charge on any atom is 0.244 e. The Hall–Kier alpha value is -3.20. The van der Waals surface area contributed by atoms with Crippen molar-refractivity contribution in [2.24, 2.45) is 11.5 Å². The van der Waals surface area contributed by atoms with Crippen LogP contribution in [-0.2, 0) is 28.8 Å². The second-order valence-corrected chi connectivity index (χ2v) is 9.87. The Labute approximate surface area is 234 Å². The molecule has 4 atom stereocenters. The van der Waals surface area contributed by atoms with E-state index in [1.165, 1.54) is 18.7 Å². The van der Waals surface area contributed by atoms with E-state index in [4.69, 9.17) is 16.9 Å². The highest BCUT2D eigenvalue weighted by Crippen LogP contribution is 2.24. The molecule has 1 aliphatic rings. The van der Waals surface area contributed by atoms with E-state index in [-0.39, 0.29) is 24.2 Å². The molecule has 4 amide bonds. The predicted molar refractivity (Wildman–Crippen MR) is 147 cm³/mol. The average molecular weight is 570 g/mol. The number of nitrogens with one attached hydrogen (secondary N) is 5. The zero-order valence-electron chi connectivity index (χ0n) is 22.5. The first-order valence-corrected chi connectivity index (χ1v) is 13.6. The second kappa shape index (κ2) is 17.4. The Morgan fingerprint density at radius 2 is 1.69 bits per heavy atom. The summed E-state index contributed by atoms with van der Waals surface area (Å²) < 4.78 is 0. The summed E-state index contributed by atoms with van der Waals surface area (Å²) in [6.07, 6.45) is 6.41. The number of Topliss-reactive ketones (excluding diaryl/α,β-unsaturated/α-hetero) is 1. The van der Waals surface area contributed by atoms with Crippen LogP contribution in [0.15, 0.2) is 0 Å². The lowest BCUT2D eigenvalue weighted by atomic mass is 9.92. The molecular weight excluding hydrogens is 528 g/mol. The van der Waals surface area contributed by atoms with Crippen molar-refractivity contribution in [1.29, 1.82) is 5.41 Å². The lowest BCUT2D eigenvalue weighted by molar-refractivity contribution is -0.140. The number of rotatable bonds is 16. The highest BCUT2D eigenvalue weighted by Gasteiger charge is 2.35. The fraction of sp³-hybridized carbons (Fsp3) is 0.708. The molecule has 9 N–H and O–H groups in total. The van der Waals surface area contributed by atoms with Crippen LogP contribution in [-0.4, -0.2) is 95.6 Å². The van der Waals surface area contributed by atoms with Crippen molar-refractivity contribution in [1.82, 2.24) is 26.2 Å². The SMILES string of the molecule is CC(=O)[C@@H]([C]=O)N(C(=O)CNC(=O)[C@H](C)NC(=O)[C@H](CS)NC(=O)[C@@H](N)CCCNC(=N)N)C1CCCCC1. The van der Waals surface area contributed by atoms with Gasteiger partial charge < -0.3 is 37.6 Å². The summed E-state index contributed by atoms with van der Waals surface area (Å²) >= 11 is 4.09. The molecule has 0 saturated heterocycles. The van der Waals surface area contributed by atoms with E-state index in [1.54, 1.807) is 6.29 Å². The molecule has 0 unspecified atom stereocenters. The number of hydrogen-bond donors (Lipinski definition) is 8. The fourth-order valence-electron chi connectivity index (χ4n) is 4.19. The molecule has 1 radical (unpaired) electrons. The quantitative estimate of drug-likeness (QED) is 0.0332. The first-order valence-electron chi connectivity index (χ1n) is 12.9. The number of ketones is 1. The van der Waals surface area contributed by atoms with Gasteiger partial charge in [-0.2, -0.15) is 12.6 Å². The maximum absolute atomic E-state index is 13.0. The van der Waals surface area contributed by atoms with Crippen molar-refractivity contribution in [2.75, 3.05) is 18.8 Å². The number of nitrogens with zero attached hydrogens (tertiary/aromatic N) is 1. The molecule has 1 fully saturated rings. The van der Waals surface area contributed by atoms with Gasteiger partial charge in [0, 0.05) is 18.3 Å². The summed E-state index contributed by atoms with van der Waals surface area (Å²) in [5.41, 5.74) is 11.0. The van der Waals surface area contributed by atoms with Crippen molar-refractivity contribution >= 4 is 54.3 Å². The lowest BCUT2D eigenvalue weighted by Crippen LogP contribution is -2.57. The highest BCUT2D eigenvalue weighted by atomic mass is 32.1. The zero-order valence-corrected chi connectivity index (χ0v) is 23.4. The molecule has 0 aromatic heterocycles. The van der Waals surface area contributed by atoms with Gasteiger partial charge in [0.05, 0.1) is 12.6 Å². The monoisotopic (exact) mass is 569 g/mol. The molecule has 0 bridgehead atoms. The molecule has 14 nitrogen and oxygen atoms in total. The third-order valence-electron chi connectivity index (χ3n) is 6.36. The van der Waals surface area contributed by atoms with Gasteiger partial charge in [-0.25, -0.2) is 0 Å². The van der Waals surface area contributed by atoms with Crippen LogP contribution < -0.4 is 32.7 Å². The van der Waals surface area contributed by atoms with Gasteiger partial charge in [-0.05, 0) is 39.5 Å². The topological polar surface area (TPSA) is 230 Å². The lowest BCUT2D eigenvalue weighted by Gasteiger charge is -2.36. The van der Waals surface area contributed by atoms with Gasteiger partial charge in [0.25, 0.3) is 0 Å². The molecule has 0 spiro atoms. The van der Waals surface area contributed by atoms with Gasteiger partial charge in [-0.1, -0.05) is 19.3 Å². The van der Waals surface area contributed by atoms with Crippen molar-refractivity contribution < 1.29 is 28.8 Å². The molecule has 219 valence electrons. The van der Waals surface area contributed by atoms with Crippen LogP contribution in [0.1, 0.15) is 58.8 Å². The smallest absolute Gasteiger partial charge is 0.244 e. The Balaban J connectivity index is 2.65. The Morgan fingerprint density at radius 1 is 1.05 bits per heavy atom. The van der Waals surface area contributed by atoms with Crippen LogP contribution in [0.4, 0.5) is 0 Å². The van der Waals surface area contributed by atoms with Gasteiger partial charge in [0.1, 0.15) is 12.1 Å². The van der Waals surface area contributed by atoms with E-state index >= 15 is 0 Å². The van der Waals surface area contributed by atoms with Gasteiger partial charge in [-0.3, -0.25) is 34.2 Å². The van der Waals surface area contributed by atoms with E-state index in [0.29, 0.717) is 25.8 Å². The average Bonchev–Trinajstić information content (AvgIpc) is 2.90. The highest BCUT2D eigenvalue weighted by molar-refractivity contribution is 7.80. The minimum Gasteiger partial charge on any atom is -0.370 e. The number of hydrogen-bond acceptors (Lipinski definition) is 9. The van der Waals surface area contributed by atoms with Crippen LogP contribution >= 0.6 is 12.6 Å². The number of carbonyl (C=O) groups excluding carboxylic acids is 6. The van der Waals surface area contributed by atoms with Crippen LogP contribution in [0.5, 0.6) is 0 Å². The third kappa shape index (κ3) is 11.6. The standard InChI is InChI=1S/C24H41N8O6S/c1-14(30-23(38)18(13-39)31-22(37)17(25)9-6-10-28-24(26)27)21(36)29-11-20(35)32(19(12-33)15(2)34)16-7-4-3-5-8-16/h14,16-19,39H,3-11,13,25H2,1-2H3,(H,29,36)(H,30,38)(H,31,37)(H4,26,27,28)/t14-,17-,18-,19+/m0/s1. The number of thiol groups is 1. The molecule has 39 heavy (non-hydrogen) atoms. The van der Waals surface area contributed by atoms with Gasteiger partial charge in [-0.15, -0.1) is 0 Å². The Bertz CT molecular complexity index is 898. The third-order valence-corrected chi connectivity index (χ3v) is 6.72. The van der Waals surface area contributed by atoms with E-state index < -0.39 is 60.1 Å².